The lowest BCUT2D eigenvalue weighted by Gasteiger charge is -2.35. The van der Waals surface area contributed by atoms with Crippen LogP contribution in [0.25, 0.3) is 11.4 Å². The van der Waals surface area contributed by atoms with Gasteiger partial charge >= 0.3 is 0 Å². The molecular formula is C18H17N7O. The van der Waals surface area contributed by atoms with Gasteiger partial charge in [0.05, 0.1) is 11.8 Å². The lowest BCUT2D eigenvalue weighted by Crippen LogP contribution is -2.49. The quantitative estimate of drug-likeness (QED) is 0.705. The van der Waals surface area contributed by atoms with Gasteiger partial charge in [-0.05, 0) is 12.1 Å². The van der Waals surface area contributed by atoms with Gasteiger partial charge in [-0.2, -0.15) is 0 Å². The minimum atomic E-state index is -0.0509. The zero-order valence-corrected chi connectivity index (χ0v) is 14.1. The molecule has 8 nitrogen and oxygen atoms in total. The zero-order chi connectivity index (χ0) is 17.8. The van der Waals surface area contributed by atoms with Gasteiger partial charge in [0.1, 0.15) is 5.82 Å². The standard InChI is InChI=1S/C18H17N7O/c26-18(15-11-22-17(23-12-15)14-1-3-19-4-2-14)25-9-7-24(8-10-25)16-13-20-5-6-21-16/h1-6,11-13H,7-10H2. The molecule has 1 amide bonds. The van der Waals surface area contributed by atoms with Crippen LogP contribution in [0.1, 0.15) is 10.4 Å². The SMILES string of the molecule is O=C(c1cnc(-c2ccncc2)nc1)N1CCN(c2cnccn2)CC1. The van der Waals surface area contributed by atoms with Crippen LogP contribution in [0, 0.1) is 0 Å². The average molecular weight is 347 g/mol. The summed E-state index contributed by atoms with van der Waals surface area (Å²) in [6.45, 7) is 2.70. The van der Waals surface area contributed by atoms with Crippen LogP contribution in [0.3, 0.4) is 0 Å². The Balaban J connectivity index is 1.41. The van der Waals surface area contributed by atoms with Crippen LogP contribution in [0.5, 0.6) is 0 Å². The monoisotopic (exact) mass is 347 g/mol. The van der Waals surface area contributed by atoms with Crippen molar-refractivity contribution in [2.24, 2.45) is 0 Å². The fraction of sp³-hybridized carbons (Fsp3) is 0.222. The van der Waals surface area contributed by atoms with Gasteiger partial charge < -0.3 is 9.80 Å². The largest absolute Gasteiger partial charge is 0.352 e. The molecular weight excluding hydrogens is 330 g/mol. The van der Waals surface area contributed by atoms with E-state index in [0.29, 0.717) is 24.5 Å². The predicted molar refractivity (Wildman–Crippen MR) is 95.4 cm³/mol. The summed E-state index contributed by atoms with van der Waals surface area (Å²) in [5.41, 5.74) is 1.37. The first kappa shape index (κ1) is 16.1. The molecule has 4 rings (SSSR count). The molecule has 1 aliphatic heterocycles. The summed E-state index contributed by atoms with van der Waals surface area (Å²) in [5, 5.41) is 0. The Bertz CT molecular complexity index is 863. The Morgan fingerprint density at radius 1 is 0.808 bits per heavy atom. The van der Waals surface area contributed by atoms with Gasteiger partial charge in [0, 0.05) is 68.9 Å². The molecule has 0 aromatic carbocycles. The van der Waals surface area contributed by atoms with E-state index in [4.69, 9.17) is 0 Å². The van der Waals surface area contributed by atoms with E-state index in [0.717, 1.165) is 24.5 Å². The Morgan fingerprint density at radius 3 is 2.19 bits per heavy atom. The lowest BCUT2D eigenvalue weighted by atomic mass is 10.2. The van der Waals surface area contributed by atoms with Crippen LogP contribution in [0.2, 0.25) is 0 Å². The molecule has 1 fully saturated rings. The Hall–Kier alpha value is -3.42. The number of rotatable bonds is 3. The molecule has 0 radical (unpaired) electrons. The maximum atomic E-state index is 12.7. The maximum Gasteiger partial charge on any atom is 0.257 e. The molecule has 0 bridgehead atoms. The number of anilines is 1. The smallest absolute Gasteiger partial charge is 0.257 e. The van der Waals surface area contributed by atoms with E-state index in [9.17, 15) is 4.79 Å². The van der Waals surface area contributed by atoms with E-state index in [2.05, 4.69) is 29.8 Å². The third-order valence-electron chi connectivity index (χ3n) is 4.28. The topological polar surface area (TPSA) is 88.0 Å². The molecule has 3 aromatic heterocycles. The Kier molecular flexibility index (Phi) is 4.46. The van der Waals surface area contributed by atoms with Gasteiger partial charge in [-0.25, -0.2) is 15.0 Å². The molecule has 1 saturated heterocycles. The number of nitrogens with zero attached hydrogens (tertiary/aromatic N) is 7. The summed E-state index contributed by atoms with van der Waals surface area (Å²) in [6, 6.07) is 3.67. The summed E-state index contributed by atoms with van der Waals surface area (Å²) in [4.78, 5) is 37.6. The van der Waals surface area contributed by atoms with Crippen LogP contribution < -0.4 is 4.90 Å². The number of hydrogen-bond acceptors (Lipinski definition) is 7. The lowest BCUT2D eigenvalue weighted by molar-refractivity contribution is 0.0745. The van der Waals surface area contributed by atoms with Crippen LogP contribution >= 0.6 is 0 Å². The van der Waals surface area contributed by atoms with Crippen LogP contribution in [0.15, 0.2) is 55.5 Å². The number of pyridine rings is 1. The van der Waals surface area contributed by atoms with Crippen LogP contribution in [-0.2, 0) is 0 Å². The van der Waals surface area contributed by atoms with E-state index in [1.807, 2.05) is 17.0 Å². The van der Waals surface area contributed by atoms with E-state index in [1.165, 1.54) is 0 Å². The highest BCUT2D eigenvalue weighted by Gasteiger charge is 2.23. The van der Waals surface area contributed by atoms with Gasteiger partial charge in [-0.1, -0.05) is 0 Å². The second kappa shape index (κ2) is 7.22. The minimum absolute atomic E-state index is 0.0509. The van der Waals surface area contributed by atoms with Crippen molar-refractivity contribution in [1.29, 1.82) is 0 Å². The number of carbonyl (C=O) groups excluding carboxylic acids is 1. The minimum Gasteiger partial charge on any atom is -0.352 e. The van der Waals surface area contributed by atoms with Crippen molar-refractivity contribution in [3.05, 3.63) is 61.1 Å². The molecule has 0 atom stereocenters. The number of carbonyl (C=O) groups is 1. The molecule has 0 N–H and O–H groups in total. The summed E-state index contributed by atoms with van der Waals surface area (Å²) in [7, 11) is 0. The molecule has 130 valence electrons. The summed E-state index contributed by atoms with van der Waals surface area (Å²) in [5.74, 6) is 1.37. The van der Waals surface area contributed by atoms with E-state index in [1.54, 1.807) is 43.4 Å². The molecule has 3 aromatic rings. The molecule has 0 spiro atoms. The third-order valence-corrected chi connectivity index (χ3v) is 4.28. The molecule has 4 heterocycles. The van der Waals surface area contributed by atoms with Crippen LogP contribution in [0.4, 0.5) is 5.82 Å². The van der Waals surface area contributed by atoms with Gasteiger partial charge in [0.25, 0.3) is 5.91 Å². The first-order valence-electron chi connectivity index (χ1n) is 8.34. The van der Waals surface area contributed by atoms with Crippen LogP contribution in [-0.4, -0.2) is 61.9 Å². The van der Waals surface area contributed by atoms with Gasteiger partial charge in [-0.15, -0.1) is 0 Å². The van der Waals surface area contributed by atoms with Gasteiger partial charge in [0.15, 0.2) is 5.82 Å². The molecule has 0 saturated carbocycles. The van der Waals surface area contributed by atoms with Crippen molar-refractivity contribution in [3.8, 4) is 11.4 Å². The fourth-order valence-electron chi connectivity index (χ4n) is 2.86. The highest BCUT2D eigenvalue weighted by molar-refractivity contribution is 5.94. The van der Waals surface area contributed by atoms with E-state index >= 15 is 0 Å². The summed E-state index contributed by atoms with van der Waals surface area (Å²) < 4.78 is 0. The molecule has 0 unspecified atom stereocenters. The first-order chi connectivity index (χ1) is 12.8. The summed E-state index contributed by atoms with van der Waals surface area (Å²) in [6.07, 6.45) is 11.6. The molecule has 1 aliphatic rings. The second-order valence-corrected chi connectivity index (χ2v) is 5.87. The Labute approximate surface area is 150 Å². The second-order valence-electron chi connectivity index (χ2n) is 5.87. The predicted octanol–water partition coefficient (Wildman–Crippen LogP) is 1.29. The molecule has 26 heavy (non-hydrogen) atoms. The van der Waals surface area contributed by atoms with Gasteiger partial charge in [-0.3, -0.25) is 14.8 Å². The van der Waals surface area contributed by atoms with Crippen molar-refractivity contribution in [3.63, 3.8) is 0 Å². The van der Waals surface area contributed by atoms with Gasteiger partial charge in [0.2, 0.25) is 0 Å². The van der Waals surface area contributed by atoms with Crippen molar-refractivity contribution in [2.75, 3.05) is 31.1 Å². The first-order valence-corrected chi connectivity index (χ1v) is 8.34. The van der Waals surface area contributed by atoms with Crippen molar-refractivity contribution >= 4 is 11.7 Å². The average Bonchev–Trinajstić information content (AvgIpc) is 2.75. The molecule has 0 aliphatic carbocycles. The third kappa shape index (κ3) is 3.34. The number of hydrogen-bond donors (Lipinski definition) is 0. The molecule has 8 heteroatoms. The van der Waals surface area contributed by atoms with E-state index < -0.39 is 0 Å². The normalized spacial score (nSPS) is 14.3. The zero-order valence-electron chi connectivity index (χ0n) is 14.1. The van der Waals surface area contributed by atoms with E-state index in [-0.39, 0.29) is 5.91 Å². The highest BCUT2D eigenvalue weighted by atomic mass is 16.2. The number of piperazine rings is 1. The van der Waals surface area contributed by atoms with Crippen molar-refractivity contribution in [1.82, 2.24) is 29.8 Å². The summed E-state index contributed by atoms with van der Waals surface area (Å²) >= 11 is 0. The number of amides is 1. The van der Waals surface area contributed by atoms with Crippen molar-refractivity contribution < 1.29 is 4.79 Å². The fourth-order valence-corrected chi connectivity index (χ4v) is 2.86. The number of aromatic nitrogens is 5. The maximum absolute atomic E-state index is 12.7. The highest BCUT2D eigenvalue weighted by Crippen LogP contribution is 2.15. The van der Waals surface area contributed by atoms with Crippen molar-refractivity contribution in [2.45, 2.75) is 0 Å². The Morgan fingerprint density at radius 2 is 1.54 bits per heavy atom.